The van der Waals surface area contributed by atoms with E-state index in [1.54, 1.807) is 18.2 Å². The third kappa shape index (κ3) is 3.93. The average molecular weight is 344 g/mol. The molecule has 10 nitrogen and oxygen atoms in total. The molecule has 128 valence electrons. The monoisotopic (exact) mass is 344 g/mol. The number of nitro groups is 2. The van der Waals surface area contributed by atoms with Crippen LogP contribution in [0.2, 0.25) is 0 Å². The van der Waals surface area contributed by atoms with Crippen LogP contribution in [0, 0.1) is 20.2 Å². The molecule has 0 saturated heterocycles. The van der Waals surface area contributed by atoms with E-state index in [1.165, 1.54) is 13.0 Å². The summed E-state index contributed by atoms with van der Waals surface area (Å²) in [5.74, 6) is -1.13. The van der Waals surface area contributed by atoms with Crippen molar-refractivity contribution in [2.75, 3.05) is 5.43 Å². The molecule has 10 heteroatoms. The second kappa shape index (κ2) is 7.17. The lowest BCUT2D eigenvalue weighted by molar-refractivity contribution is -0.393. The van der Waals surface area contributed by atoms with E-state index in [1.807, 2.05) is 0 Å². The van der Waals surface area contributed by atoms with Crippen molar-refractivity contribution < 1.29 is 19.7 Å². The Morgan fingerprint density at radius 2 is 1.72 bits per heavy atom. The molecule has 0 aliphatic carbocycles. The molecule has 0 bridgehead atoms. The van der Waals surface area contributed by atoms with Crippen LogP contribution in [0.1, 0.15) is 22.8 Å². The number of hydrazone groups is 1. The molecule has 0 atom stereocenters. The Hall–Kier alpha value is -3.82. The van der Waals surface area contributed by atoms with Crippen LogP contribution in [0.15, 0.2) is 47.6 Å². The van der Waals surface area contributed by atoms with Gasteiger partial charge in [-0.05, 0) is 19.1 Å². The molecule has 0 unspecified atom stereocenters. The number of nitrogens with zero attached hydrogens (tertiary/aromatic N) is 3. The number of non-ortho nitro benzene ring substituents is 1. The van der Waals surface area contributed by atoms with Crippen molar-refractivity contribution >= 4 is 28.7 Å². The summed E-state index contributed by atoms with van der Waals surface area (Å²) in [7, 11) is 0. The van der Waals surface area contributed by atoms with Crippen molar-refractivity contribution in [3.05, 3.63) is 73.8 Å². The first kappa shape index (κ1) is 17.5. The lowest BCUT2D eigenvalue weighted by Gasteiger charge is -2.07. The number of carboxylic acids is 1. The lowest BCUT2D eigenvalue weighted by Crippen LogP contribution is -2.08. The third-order valence-corrected chi connectivity index (χ3v) is 3.28. The van der Waals surface area contributed by atoms with E-state index in [0.29, 0.717) is 5.56 Å². The predicted molar refractivity (Wildman–Crippen MR) is 89.0 cm³/mol. The number of hydrogen-bond acceptors (Lipinski definition) is 7. The highest BCUT2D eigenvalue weighted by atomic mass is 16.6. The Morgan fingerprint density at radius 3 is 2.28 bits per heavy atom. The number of nitrogens with one attached hydrogen (secondary N) is 1. The van der Waals surface area contributed by atoms with Gasteiger partial charge in [0, 0.05) is 11.6 Å². The van der Waals surface area contributed by atoms with Gasteiger partial charge in [0.25, 0.3) is 5.69 Å². The van der Waals surface area contributed by atoms with Crippen LogP contribution < -0.4 is 5.43 Å². The van der Waals surface area contributed by atoms with Crippen LogP contribution in [0.25, 0.3) is 0 Å². The maximum atomic E-state index is 11.2. The van der Waals surface area contributed by atoms with E-state index >= 15 is 0 Å². The van der Waals surface area contributed by atoms with Crippen LogP contribution in [0.4, 0.5) is 17.1 Å². The predicted octanol–water partition coefficient (Wildman–Crippen LogP) is 3.04. The molecule has 0 radical (unpaired) electrons. The van der Waals surface area contributed by atoms with Gasteiger partial charge in [-0.2, -0.15) is 5.10 Å². The minimum Gasteiger partial charge on any atom is -0.478 e. The summed E-state index contributed by atoms with van der Waals surface area (Å²) in [4.78, 5) is 31.5. The highest BCUT2D eigenvalue weighted by Gasteiger charge is 2.19. The van der Waals surface area contributed by atoms with Gasteiger partial charge in [-0.3, -0.25) is 25.7 Å². The summed E-state index contributed by atoms with van der Waals surface area (Å²) in [6.07, 6.45) is 0. The number of benzene rings is 2. The molecular weight excluding hydrogens is 332 g/mol. The van der Waals surface area contributed by atoms with Crippen molar-refractivity contribution in [3.8, 4) is 0 Å². The summed E-state index contributed by atoms with van der Waals surface area (Å²) in [6.45, 7) is 1.53. The van der Waals surface area contributed by atoms with Gasteiger partial charge in [0.05, 0.1) is 27.2 Å². The lowest BCUT2D eigenvalue weighted by atomic mass is 10.0. The Morgan fingerprint density at radius 1 is 1.08 bits per heavy atom. The zero-order valence-electron chi connectivity index (χ0n) is 12.9. The van der Waals surface area contributed by atoms with Crippen LogP contribution in [-0.2, 0) is 0 Å². The average Bonchev–Trinajstić information content (AvgIpc) is 2.59. The van der Waals surface area contributed by atoms with Gasteiger partial charge in [-0.25, -0.2) is 4.79 Å². The van der Waals surface area contributed by atoms with E-state index in [9.17, 15) is 30.1 Å². The van der Waals surface area contributed by atoms with Crippen molar-refractivity contribution in [1.29, 1.82) is 0 Å². The number of hydrogen-bond donors (Lipinski definition) is 2. The van der Waals surface area contributed by atoms with Crippen LogP contribution in [0.3, 0.4) is 0 Å². The second-order valence-corrected chi connectivity index (χ2v) is 4.88. The van der Waals surface area contributed by atoms with Crippen molar-refractivity contribution in [2.24, 2.45) is 5.10 Å². The zero-order chi connectivity index (χ0) is 18.6. The van der Waals surface area contributed by atoms with Gasteiger partial charge in [0.15, 0.2) is 0 Å². The number of nitro benzene ring substituents is 2. The molecule has 0 fully saturated rings. The Kier molecular flexibility index (Phi) is 5.03. The van der Waals surface area contributed by atoms with Crippen LogP contribution in [-0.4, -0.2) is 26.6 Å². The first-order valence-corrected chi connectivity index (χ1v) is 6.87. The maximum Gasteiger partial charge on any atom is 0.336 e. The summed E-state index contributed by atoms with van der Waals surface area (Å²) >= 11 is 0. The molecular formula is C15H12N4O6. The molecule has 0 amide bonds. The Labute approximate surface area is 140 Å². The minimum absolute atomic E-state index is 0.0312. The van der Waals surface area contributed by atoms with E-state index in [-0.39, 0.29) is 17.0 Å². The summed E-state index contributed by atoms with van der Waals surface area (Å²) in [5, 5.41) is 34.9. The van der Waals surface area contributed by atoms with Crippen LogP contribution in [0.5, 0.6) is 0 Å². The third-order valence-electron chi connectivity index (χ3n) is 3.28. The first-order valence-electron chi connectivity index (χ1n) is 6.87. The fourth-order valence-electron chi connectivity index (χ4n) is 2.07. The largest absolute Gasteiger partial charge is 0.478 e. The van der Waals surface area contributed by atoms with Crippen molar-refractivity contribution in [3.63, 3.8) is 0 Å². The normalized spacial score (nSPS) is 11.0. The van der Waals surface area contributed by atoms with Gasteiger partial charge < -0.3 is 5.11 Å². The molecule has 2 rings (SSSR count). The van der Waals surface area contributed by atoms with Gasteiger partial charge in [-0.15, -0.1) is 0 Å². The fraction of sp³-hybridized carbons (Fsp3) is 0.0667. The topological polar surface area (TPSA) is 148 Å². The van der Waals surface area contributed by atoms with Gasteiger partial charge in [0.1, 0.15) is 5.69 Å². The zero-order valence-corrected chi connectivity index (χ0v) is 12.9. The quantitative estimate of drug-likeness (QED) is 0.464. The minimum atomic E-state index is -1.13. The number of rotatable bonds is 6. The molecule has 2 aromatic carbocycles. The SMILES string of the molecule is C/C(=N\Nc1ccc([N+](=O)[O-])cc1[N+](=O)[O-])c1ccccc1C(=O)O. The van der Waals surface area contributed by atoms with E-state index in [2.05, 4.69) is 10.5 Å². The maximum absolute atomic E-state index is 11.2. The van der Waals surface area contributed by atoms with Gasteiger partial charge in [0.2, 0.25) is 0 Å². The molecule has 25 heavy (non-hydrogen) atoms. The van der Waals surface area contributed by atoms with Crippen LogP contribution >= 0.6 is 0 Å². The molecule has 0 aliphatic heterocycles. The molecule has 0 aromatic heterocycles. The first-order chi connectivity index (χ1) is 11.8. The number of aromatic carboxylic acids is 1. The van der Waals surface area contributed by atoms with E-state index in [4.69, 9.17) is 0 Å². The molecule has 0 spiro atoms. The smallest absolute Gasteiger partial charge is 0.336 e. The number of carbonyl (C=O) groups is 1. The number of carboxylic acid groups (broad SMARTS) is 1. The van der Waals surface area contributed by atoms with E-state index in [0.717, 1.165) is 18.2 Å². The highest BCUT2D eigenvalue weighted by Crippen LogP contribution is 2.29. The van der Waals surface area contributed by atoms with E-state index < -0.39 is 27.2 Å². The Balaban J connectivity index is 2.37. The fourth-order valence-corrected chi connectivity index (χ4v) is 2.07. The molecule has 0 heterocycles. The van der Waals surface area contributed by atoms with Gasteiger partial charge in [-0.1, -0.05) is 18.2 Å². The Bertz CT molecular complexity index is 893. The summed E-state index contributed by atoms with van der Waals surface area (Å²) < 4.78 is 0. The molecule has 0 aliphatic rings. The molecule has 2 aromatic rings. The van der Waals surface area contributed by atoms with Crippen molar-refractivity contribution in [2.45, 2.75) is 6.92 Å². The molecule has 0 saturated carbocycles. The summed E-state index contributed by atoms with van der Waals surface area (Å²) in [6, 6.07) is 9.24. The second-order valence-electron chi connectivity index (χ2n) is 4.88. The van der Waals surface area contributed by atoms with Crippen molar-refractivity contribution in [1.82, 2.24) is 0 Å². The highest BCUT2D eigenvalue weighted by molar-refractivity contribution is 6.07. The molecule has 2 N–H and O–H groups in total. The number of anilines is 1. The summed E-state index contributed by atoms with van der Waals surface area (Å²) in [5.41, 5.74) is 2.12. The van der Waals surface area contributed by atoms with Gasteiger partial charge >= 0.3 is 11.7 Å². The standard InChI is InChI=1S/C15H12N4O6/c1-9(11-4-2-3-5-12(11)15(20)21)16-17-13-7-6-10(18(22)23)8-14(13)19(24)25/h2-8,17H,1H3,(H,20,21)/b16-9+.